The minimum atomic E-state index is -0.513. The highest BCUT2D eigenvalue weighted by molar-refractivity contribution is 5.97. The van der Waals surface area contributed by atoms with Crippen LogP contribution in [0.25, 0.3) is 16.5 Å². The lowest BCUT2D eigenvalue weighted by molar-refractivity contribution is -0.383. The number of nitrogens with one attached hydrogen (secondary N) is 1. The minimum absolute atomic E-state index is 0.136. The Morgan fingerprint density at radius 3 is 2.70 bits per heavy atom. The van der Waals surface area contributed by atoms with E-state index in [1.165, 1.54) is 12.1 Å². The lowest BCUT2D eigenvalue weighted by atomic mass is 10.1. The van der Waals surface area contributed by atoms with E-state index in [1.807, 2.05) is 42.5 Å². The van der Waals surface area contributed by atoms with Gasteiger partial charge in [0.05, 0.1) is 10.6 Å². The standard InChI is InChI=1S/C21H16N6O3/c28-21(22-17-9-3-4-10-19(17)27(29)30)16-12-15(16)20-23-24-25-26(20)18-11-5-7-13-6-1-2-8-14(13)18/h1-11,15-16H,12H2,(H,22,28). The largest absolute Gasteiger partial charge is 0.320 e. The Labute approximate surface area is 170 Å². The highest BCUT2D eigenvalue weighted by Gasteiger charge is 2.48. The van der Waals surface area contributed by atoms with E-state index in [1.54, 1.807) is 16.8 Å². The minimum Gasteiger partial charge on any atom is -0.320 e. The van der Waals surface area contributed by atoms with E-state index >= 15 is 0 Å². The lowest BCUT2D eigenvalue weighted by Gasteiger charge is -2.08. The number of aromatic nitrogens is 4. The Hall–Kier alpha value is -4.14. The Morgan fingerprint density at radius 2 is 1.83 bits per heavy atom. The van der Waals surface area contributed by atoms with Gasteiger partial charge in [0, 0.05) is 23.3 Å². The van der Waals surface area contributed by atoms with Gasteiger partial charge in [0.25, 0.3) is 5.69 Å². The van der Waals surface area contributed by atoms with Gasteiger partial charge in [0.15, 0.2) is 5.82 Å². The topological polar surface area (TPSA) is 116 Å². The molecule has 0 saturated heterocycles. The van der Waals surface area contributed by atoms with Crippen molar-refractivity contribution in [2.75, 3.05) is 5.32 Å². The number of nitrogens with zero attached hydrogens (tertiary/aromatic N) is 5. The fourth-order valence-electron chi connectivity index (χ4n) is 3.72. The number of nitro groups is 1. The number of hydrogen-bond acceptors (Lipinski definition) is 6. The molecule has 148 valence electrons. The summed E-state index contributed by atoms with van der Waals surface area (Å²) in [7, 11) is 0. The van der Waals surface area contributed by atoms with Crippen LogP contribution in [-0.4, -0.2) is 31.0 Å². The van der Waals surface area contributed by atoms with Gasteiger partial charge in [-0.2, -0.15) is 4.68 Å². The molecule has 0 bridgehead atoms. The summed E-state index contributed by atoms with van der Waals surface area (Å²) < 4.78 is 1.67. The van der Waals surface area contributed by atoms with E-state index in [0.717, 1.165) is 16.5 Å². The molecule has 0 aliphatic heterocycles. The van der Waals surface area contributed by atoms with E-state index < -0.39 is 4.92 Å². The summed E-state index contributed by atoms with van der Waals surface area (Å²) in [6.07, 6.45) is 0.581. The molecule has 9 nitrogen and oxygen atoms in total. The third-order valence-corrected chi connectivity index (χ3v) is 5.31. The maximum absolute atomic E-state index is 12.7. The van der Waals surface area contributed by atoms with Gasteiger partial charge < -0.3 is 5.32 Å². The van der Waals surface area contributed by atoms with Crippen molar-refractivity contribution in [3.05, 3.63) is 82.7 Å². The van der Waals surface area contributed by atoms with Gasteiger partial charge in [-0.25, -0.2) is 0 Å². The smallest absolute Gasteiger partial charge is 0.292 e. The summed E-state index contributed by atoms with van der Waals surface area (Å²) in [6.45, 7) is 0. The van der Waals surface area contributed by atoms with Gasteiger partial charge in [-0.1, -0.05) is 48.5 Å². The third kappa shape index (κ3) is 3.06. The van der Waals surface area contributed by atoms with E-state index in [0.29, 0.717) is 12.2 Å². The molecule has 2 unspecified atom stereocenters. The molecule has 1 N–H and O–H groups in total. The molecule has 0 radical (unpaired) electrons. The number of nitro benzene ring substituents is 1. The number of hydrogen-bond donors (Lipinski definition) is 1. The van der Waals surface area contributed by atoms with Crippen LogP contribution in [0.15, 0.2) is 66.7 Å². The molecule has 1 amide bonds. The van der Waals surface area contributed by atoms with Crippen LogP contribution < -0.4 is 5.32 Å². The van der Waals surface area contributed by atoms with Crippen LogP contribution in [-0.2, 0) is 4.79 Å². The number of carbonyl (C=O) groups is 1. The molecular formula is C21H16N6O3. The van der Waals surface area contributed by atoms with Crippen LogP contribution in [0.5, 0.6) is 0 Å². The first kappa shape index (κ1) is 17.9. The molecule has 1 aliphatic carbocycles. The molecular weight excluding hydrogens is 384 g/mol. The number of rotatable bonds is 5. The Balaban J connectivity index is 1.41. The van der Waals surface area contributed by atoms with Crippen LogP contribution in [0.3, 0.4) is 0 Å². The number of tetrazole rings is 1. The molecule has 1 aliphatic rings. The van der Waals surface area contributed by atoms with E-state index in [9.17, 15) is 14.9 Å². The normalized spacial score (nSPS) is 17.6. The Morgan fingerprint density at radius 1 is 1.07 bits per heavy atom. The van der Waals surface area contributed by atoms with Crippen LogP contribution in [0.4, 0.5) is 11.4 Å². The van der Waals surface area contributed by atoms with E-state index in [2.05, 4.69) is 20.8 Å². The van der Waals surface area contributed by atoms with Gasteiger partial charge in [-0.15, -0.1) is 5.10 Å². The Bertz CT molecular complexity index is 1280. The van der Waals surface area contributed by atoms with E-state index in [-0.39, 0.29) is 29.1 Å². The summed E-state index contributed by atoms with van der Waals surface area (Å²) in [6, 6.07) is 19.9. The van der Waals surface area contributed by atoms with Gasteiger partial charge in [-0.05, 0) is 34.4 Å². The average molecular weight is 400 g/mol. The quantitative estimate of drug-likeness (QED) is 0.405. The third-order valence-electron chi connectivity index (χ3n) is 5.31. The first-order chi connectivity index (χ1) is 14.6. The number of para-hydroxylation sites is 2. The fourth-order valence-corrected chi connectivity index (χ4v) is 3.72. The lowest BCUT2D eigenvalue weighted by Crippen LogP contribution is -2.16. The number of benzene rings is 3. The molecule has 5 rings (SSSR count). The van der Waals surface area contributed by atoms with Gasteiger partial charge in [0.2, 0.25) is 5.91 Å². The van der Waals surface area contributed by atoms with Crippen molar-refractivity contribution in [2.45, 2.75) is 12.3 Å². The maximum Gasteiger partial charge on any atom is 0.292 e. The van der Waals surface area contributed by atoms with Crippen molar-refractivity contribution in [3.63, 3.8) is 0 Å². The van der Waals surface area contributed by atoms with Crippen LogP contribution in [0, 0.1) is 16.0 Å². The number of carbonyl (C=O) groups excluding carboxylic acids is 1. The first-order valence-electron chi connectivity index (χ1n) is 9.44. The zero-order valence-corrected chi connectivity index (χ0v) is 15.7. The van der Waals surface area contributed by atoms with Crippen molar-refractivity contribution in [1.82, 2.24) is 20.2 Å². The summed E-state index contributed by atoms with van der Waals surface area (Å²) in [4.78, 5) is 23.4. The van der Waals surface area contributed by atoms with Crippen molar-refractivity contribution in [2.24, 2.45) is 5.92 Å². The monoisotopic (exact) mass is 400 g/mol. The molecule has 0 spiro atoms. The van der Waals surface area contributed by atoms with Crippen molar-refractivity contribution in [1.29, 1.82) is 0 Å². The Kier molecular flexibility index (Phi) is 4.20. The molecule has 1 saturated carbocycles. The zero-order chi connectivity index (χ0) is 20.7. The van der Waals surface area contributed by atoms with Gasteiger partial charge in [-0.3, -0.25) is 14.9 Å². The van der Waals surface area contributed by atoms with Gasteiger partial charge >= 0.3 is 0 Å². The SMILES string of the molecule is O=C(Nc1ccccc1[N+](=O)[O-])C1CC1c1nnnn1-c1cccc2ccccc12. The second-order valence-corrected chi connectivity index (χ2v) is 7.16. The van der Waals surface area contributed by atoms with Gasteiger partial charge in [0.1, 0.15) is 5.69 Å². The van der Waals surface area contributed by atoms with Crippen LogP contribution in [0.1, 0.15) is 18.2 Å². The fraction of sp³-hybridized carbons (Fsp3) is 0.143. The predicted molar refractivity (Wildman–Crippen MR) is 109 cm³/mol. The number of anilines is 1. The molecule has 4 aromatic rings. The average Bonchev–Trinajstić information content (AvgIpc) is 3.42. The molecule has 1 fully saturated rings. The number of amides is 1. The molecule has 1 aromatic heterocycles. The molecule has 9 heteroatoms. The summed E-state index contributed by atoms with van der Waals surface area (Å²) >= 11 is 0. The molecule has 3 aromatic carbocycles. The van der Waals surface area contributed by atoms with Crippen LogP contribution in [0.2, 0.25) is 0 Å². The molecule has 30 heavy (non-hydrogen) atoms. The summed E-state index contributed by atoms with van der Waals surface area (Å²) in [5.41, 5.74) is 0.897. The zero-order valence-electron chi connectivity index (χ0n) is 15.7. The summed E-state index contributed by atoms with van der Waals surface area (Å²) in [5.74, 6) is -0.165. The van der Waals surface area contributed by atoms with E-state index in [4.69, 9.17) is 0 Å². The van der Waals surface area contributed by atoms with Crippen molar-refractivity contribution in [3.8, 4) is 5.69 Å². The predicted octanol–water partition coefficient (Wildman–Crippen LogP) is 3.47. The first-order valence-corrected chi connectivity index (χ1v) is 9.44. The molecule has 1 heterocycles. The van der Waals surface area contributed by atoms with Crippen molar-refractivity contribution >= 4 is 28.1 Å². The highest BCUT2D eigenvalue weighted by atomic mass is 16.6. The maximum atomic E-state index is 12.7. The second kappa shape index (κ2) is 7.03. The van der Waals surface area contributed by atoms with Crippen LogP contribution >= 0.6 is 0 Å². The van der Waals surface area contributed by atoms with Crippen molar-refractivity contribution < 1.29 is 9.72 Å². The number of fused-ring (bicyclic) bond motifs is 1. The second-order valence-electron chi connectivity index (χ2n) is 7.16. The molecule has 2 atom stereocenters. The summed E-state index contributed by atoms with van der Waals surface area (Å²) in [5, 5.41) is 28.1. The highest BCUT2D eigenvalue weighted by Crippen LogP contribution is 2.47.